The summed E-state index contributed by atoms with van der Waals surface area (Å²) in [4.78, 5) is 19.1. The van der Waals surface area contributed by atoms with Gasteiger partial charge in [0.1, 0.15) is 11.6 Å². The van der Waals surface area contributed by atoms with Crippen LogP contribution in [0.2, 0.25) is 0 Å². The molecule has 3 N–H and O–H groups in total. The van der Waals surface area contributed by atoms with Crippen LogP contribution in [0.3, 0.4) is 0 Å². The highest BCUT2D eigenvalue weighted by atomic mass is 32.1. The maximum absolute atomic E-state index is 15.5. The summed E-state index contributed by atoms with van der Waals surface area (Å²) in [5.74, 6) is -1.26. The van der Waals surface area contributed by atoms with E-state index in [1.54, 1.807) is 17.0 Å². The van der Waals surface area contributed by atoms with Crippen molar-refractivity contribution in [1.29, 1.82) is 0 Å². The summed E-state index contributed by atoms with van der Waals surface area (Å²) >= 11 is 4.80. The molecule has 2 aliphatic rings. The number of nitrogens with one attached hydrogen (secondary N) is 1. The van der Waals surface area contributed by atoms with E-state index in [1.165, 1.54) is 30.8 Å². The average Bonchev–Trinajstić information content (AvgIpc) is 2.84. The van der Waals surface area contributed by atoms with Crippen molar-refractivity contribution in [3.05, 3.63) is 59.2 Å². The Morgan fingerprint density at radius 1 is 1.03 bits per heavy atom. The molecule has 2 saturated heterocycles. The summed E-state index contributed by atoms with van der Waals surface area (Å²) in [6.07, 6.45) is 4.84. The first-order chi connectivity index (χ1) is 17.3. The molecule has 0 aliphatic carbocycles. The van der Waals surface area contributed by atoms with Crippen LogP contribution >= 0.6 is 12.2 Å². The van der Waals surface area contributed by atoms with E-state index in [0.29, 0.717) is 24.3 Å². The summed E-state index contributed by atoms with van der Waals surface area (Å²) in [5, 5.41) is 4.08. The molecule has 2 aromatic carbocycles. The van der Waals surface area contributed by atoms with Gasteiger partial charge >= 0.3 is 0 Å². The second kappa shape index (κ2) is 11.2. The number of halogens is 2. The Labute approximate surface area is 215 Å². The Morgan fingerprint density at radius 2 is 1.69 bits per heavy atom. The molecule has 7 nitrogen and oxygen atoms in total. The normalized spacial score (nSPS) is 20.6. The van der Waals surface area contributed by atoms with E-state index in [1.807, 2.05) is 24.8 Å². The van der Waals surface area contributed by atoms with Crippen molar-refractivity contribution in [2.24, 2.45) is 10.8 Å². The highest BCUT2D eigenvalue weighted by Gasteiger charge is 2.35. The summed E-state index contributed by atoms with van der Waals surface area (Å²) < 4.78 is 29.8. The average molecular weight is 515 g/mol. The zero-order valence-electron chi connectivity index (χ0n) is 20.6. The fourth-order valence-corrected chi connectivity index (χ4v) is 5.23. The van der Waals surface area contributed by atoms with Gasteiger partial charge in [-0.05, 0) is 69.6 Å². The summed E-state index contributed by atoms with van der Waals surface area (Å²) in [6.45, 7) is 6.44. The predicted molar refractivity (Wildman–Crippen MR) is 144 cm³/mol. The number of rotatable bonds is 5. The van der Waals surface area contributed by atoms with Gasteiger partial charge in [-0.15, -0.1) is 0 Å². The number of benzene rings is 2. The summed E-state index contributed by atoms with van der Waals surface area (Å²) in [7, 11) is 0. The molecule has 0 saturated carbocycles. The lowest BCUT2D eigenvalue weighted by Gasteiger charge is -2.45. The smallest absolute Gasteiger partial charge is 0.257 e. The first-order valence-electron chi connectivity index (χ1n) is 12.3. The number of nitrogens with zero attached hydrogens (tertiary/aromatic N) is 4. The molecule has 0 spiro atoms. The molecule has 1 amide bonds. The molecule has 4 rings (SSSR count). The lowest BCUT2D eigenvalue weighted by molar-refractivity contribution is 0.0569. The third-order valence-corrected chi connectivity index (χ3v) is 6.86. The zero-order valence-corrected chi connectivity index (χ0v) is 21.4. The van der Waals surface area contributed by atoms with Crippen LogP contribution in [0.1, 0.15) is 49.0 Å². The second-order valence-electron chi connectivity index (χ2n) is 9.44. The standard InChI is InChI=1S/C26H32F2N6OS/c1-17-15-33(16-18(2)34(17)25(35)20-8-4-5-9-21(20)27)24-13-23(32-10-6-3-7-11-32)19(12-22(24)28)14-30-31-26(29)36/h4-5,8-9,12-14,17-18H,3,6-7,10-11,15-16H2,1-2H3,(H3,29,31,36). The summed E-state index contributed by atoms with van der Waals surface area (Å²) in [6, 6.07) is 8.88. The molecule has 192 valence electrons. The fourth-order valence-electron chi connectivity index (χ4n) is 5.18. The van der Waals surface area contributed by atoms with Gasteiger partial charge in [-0.25, -0.2) is 8.78 Å². The number of amides is 1. The minimum Gasteiger partial charge on any atom is -0.375 e. The molecule has 2 fully saturated rings. The third kappa shape index (κ3) is 5.59. The van der Waals surface area contributed by atoms with Crippen molar-refractivity contribution < 1.29 is 13.6 Å². The topological polar surface area (TPSA) is 77.2 Å². The number of nitrogens with two attached hydrogens (primary N) is 1. The van der Waals surface area contributed by atoms with E-state index in [0.717, 1.165) is 31.6 Å². The van der Waals surface area contributed by atoms with Crippen LogP contribution in [0.25, 0.3) is 0 Å². The van der Waals surface area contributed by atoms with Gasteiger partial charge in [0.05, 0.1) is 17.5 Å². The van der Waals surface area contributed by atoms with Crippen LogP contribution in [0.5, 0.6) is 0 Å². The van der Waals surface area contributed by atoms with Crippen LogP contribution in [-0.2, 0) is 0 Å². The number of hydrogen-bond donors (Lipinski definition) is 2. The van der Waals surface area contributed by atoms with Crippen molar-refractivity contribution in [3.63, 3.8) is 0 Å². The quantitative estimate of drug-likeness (QED) is 0.359. The number of carbonyl (C=O) groups excluding carboxylic acids is 1. The van der Waals surface area contributed by atoms with E-state index in [4.69, 9.17) is 18.0 Å². The maximum Gasteiger partial charge on any atom is 0.257 e. The highest BCUT2D eigenvalue weighted by Crippen LogP contribution is 2.33. The van der Waals surface area contributed by atoms with Gasteiger partial charge in [0, 0.05) is 49.5 Å². The first kappa shape index (κ1) is 25.8. The third-order valence-electron chi connectivity index (χ3n) is 6.77. The Balaban J connectivity index is 1.61. The predicted octanol–water partition coefficient (Wildman–Crippen LogP) is 3.86. The lowest BCUT2D eigenvalue weighted by atomic mass is 10.0. The SMILES string of the molecule is CC1CN(c2cc(N3CCCCC3)c(C=NNC(N)=S)cc2F)CC(C)N1C(=O)c1ccccc1F. The second-order valence-corrected chi connectivity index (χ2v) is 9.88. The summed E-state index contributed by atoms with van der Waals surface area (Å²) in [5.41, 5.74) is 10.0. The van der Waals surface area contributed by atoms with Crippen molar-refractivity contribution in [2.45, 2.75) is 45.2 Å². The van der Waals surface area contributed by atoms with E-state index < -0.39 is 5.82 Å². The fraction of sp³-hybridized carbons (Fsp3) is 0.423. The Bertz CT molecular complexity index is 1140. The number of hydrazone groups is 1. The maximum atomic E-state index is 15.5. The van der Waals surface area contributed by atoms with Gasteiger partial charge < -0.3 is 20.4 Å². The van der Waals surface area contributed by atoms with Crippen molar-refractivity contribution >= 4 is 40.8 Å². The van der Waals surface area contributed by atoms with Crippen LogP contribution in [0.15, 0.2) is 41.5 Å². The monoisotopic (exact) mass is 514 g/mol. The molecule has 2 heterocycles. The van der Waals surface area contributed by atoms with Gasteiger partial charge in [-0.1, -0.05) is 12.1 Å². The van der Waals surface area contributed by atoms with E-state index in [2.05, 4.69) is 15.4 Å². The molecule has 2 unspecified atom stereocenters. The number of anilines is 2. The minimum absolute atomic E-state index is 0.0358. The molecular weight excluding hydrogens is 482 g/mol. The number of thiocarbonyl (C=S) groups is 1. The highest BCUT2D eigenvalue weighted by molar-refractivity contribution is 7.80. The van der Waals surface area contributed by atoms with Gasteiger partial charge in [-0.3, -0.25) is 10.2 Å². The number of carbonyl (C=O) groups is 1. The molecule has 0 bridgehead atoms. The molecule has 2 aromatic rings. The van der Waals surface area contributed by atoms with E-state index in [9.17, 15) is 9.18 Å². The molecule has 2 atom stereocenters. The van der Waals surface area contributed by atoms with Crippen molar-refractivity contribution in [3.8, 4) is 0 Å². The zero-order chi connectivity index (χ0) is 25.8. The van der Waals surface area contributed by atoms with Gasteiger partial charge in [-0.2, -0.15) is 5.10 Å². The molecule has 36 heavy (non-hydrogen) atoms. The molecule has 0 radical (unpaired) electrons. The molecular formula is C26H32F2N6OS. The van der Waals surface area contributed by atoms with E-state index >= 15 is 4.39 Å². The van der Waals surface area contributed by atoms with Crippen LogP contribution < -0.4 is 21.0 Å². The van der Waals surface area contributed by atoms with Crippen LogP contribution in [0.4, 0.5) is 20.2 Å². The van der Waals surface area contributed by atoms with Crippen molar-refractivity contribution in [1.82, 2.24) is 10.3 Å². The largest absolute Gasteiger partial charge is 0.375 e. The molecule has 2 aliphatic heterocycles. The van der Waals surface area contributed by atoms with Gasteiger partial charge in [0.2, 0.25) is 0 Å². The number of piperazine rings is 1. The molecule has 0 aromatic heterocycles. The Hall–Kier alpha value is -3.27. The lowest BCUT2D eigenvalue weighted by Crippen LogP contribution is -2.59. The van der Waals surface area contributed by atoms with Crippen LogP contribution in [-0.4, -0.2) is 60.4 Å². The van der Waals surface area contributed by atoms with Gasteiger partial charge in [0.15, 0.2) is 5.11 Å². The Morgan fingerprint density at radius 3 is 2.33 bits per heavy atom. The Kier molecular flexibility index (Phi) is 8.03. The number of hydrogen-bond acceptors (Lipinski definition) is 5. The van der Waals surface area contributed by atoms with Crippen molar-refractivity contribution in [2.75, 3.05) is 36.0 Å². The van der Waals surface area contributed by atoms with Crippen LogP contribution in [0, 0.1) is 11.6 Å². The minimum atomic E-state index is -0.538. The van der Waals surface area contributed by atoms with Gasteiger partial charge in [0.25, 0.3) is 5.91 Å². The number of piperidine rings is 1. The first-order valence-corrected chi connectivity index (χ1v) is 12.7. The molecule has 10 heteroatoms. The van der Waals surface area contributed by atoms with E-state index in [-0.39, 0.29) is 34.5 Å².